The molecule has 2 aromatic rings. The van der Waals surface area contributed by atoms with Gasteiger partial charge in [0.15, 0.2) is 0 Å². The Kier molecular flexibility index (Phi) is 6.00. The van der Waals surface area contributed by atoms with Crippen LogP contribution in [0.25, 0.3) is 10.9 Å². The normalized spacial score (nSPS) is 16.9. The zero-order chi connectivity index (χ0) is 17.6. The van der Waals surface area contributed by atoms with Crippen molar-refractivity contribution in [2.45, 2.75) is 32.7 Å². The van der Waals surface area contributed by atoms with Crippen molar-refractivity contribution in [1.82, 2.24) is 9.88 Å². The lowest BCUT2D eigenvalue weighted by Gasteiger charge is -2.36. The summed E-state index contributed by atoms with van der Waals surface area (Å²) in [7, 11) is 0. The van der Waals surface area contributed by atoms with Crippen LogP contribution in [0.3, 0.4) is 0 Å². The van der Waals surface area contributed by atoms with Crippen molar-refractivity contribution in [2.24, 2.45) is 5.92 Å². The molecule has 5 nitrogen and oxygen atoms in total. The van der Waals surface area contributed by atoms with Gasteiger partial charge in [-0.2, -0.15) is 0 Å². The molecule has 1 amide bonds. The lowest BCUT2D eigenvalue weighted by Crippen LogP contribution is -2.46. The zero-order valence-electron chi connectivity index (χ0n) is 15.1. The molecule has 1 aliphatic heterocycles. The summed E-state index contributed by atoms with van der Waals surface area (Å²) in [6, 6.07) is 10.2. The van der Waals surface area contributed by atoms with E-state index in [4.69, 9.17) is 4.74 Å². The molecule has 0 bridgehead atoms. The van der Waals surface area contributed by atoms with E-state index in [-0.39, 0.29) is 5.91 Å². The van der Waals surface area contributed by atoms with Gasteiger partial charge in [0.1, 0.15) is 0 Å². The van der Waals surface area contributed by atoms with E-state index in [2.05, 4.69) is 29.0 Å². The van der Waals surface area contributed by atoms with Gasteiger partial charge < -0.3 is 10.1 Å². The van der Waals surface area contributed by atoms with Crippen LogP contribution >= 0.6 is 0 Å². The van der Waals surface area contributed by atoms with Crippen LogP contribution < -0.4 is 5.32 Å². The maximum absolute atomic E-state index is 12.5. The number of amides is 1. The highest BCUT2D eigenvalue weighted by Crippen LogP contribution is 2.22. The predicted octanol–water partition coefficient (Wildman–Crippen LogP) is 3.31. The van der Waals surface area contributed by atoms with Crippen molar-refractivity contribution in [3.63, 3.8) is 0 Å². The SMILES string of the molecule is CC(C)C(CCC(=O)Nc1cccc2cccnc12)N1CCOCC1. The standard InChI is InChI=1S/C20H27N3O2/c1-15(2)18(23-11-13-25-14-12-23)8-9-19(24)22-17-7-3-5-16-6-4-10-21-20(16)17/h3-7,10,15,18H,8-9,11-14H2,1-2H3,(H,22,24). The number of aromatic nitrogens is 1. The minimum atomic E-state index is 0.0528. The molecule has 1 aromatic heterocycles. The Bertz CT molecular complexity index is 706. The molecule has 5 heteroatoms. The number of hydrogen-bond acceptors (Lipinski definition) is 4. The third-order valence-electron chi connectivity index (χ3n) is 4.86. The smallest absolute Gasteiger partial charge is 0.224 e. The molecule has 0 spiro atoms. The number of para-hydroxylation sites is 1. The number of anilines is 1. The summed E-state index contributed by atoms with van der Waals surface area (Å²) in [5.41, 5.74) is 1.63. The molecule has 3 rings (SSSR count). The Morgan fingerprint density at radius 1 is 1.24 bits per heavy atom. The fourth-order valence-corrected chi connectivity index (χ4v) is 3.54. The summed E-state index contributed by atoms with van der Waals surface area (Å²) in [6.45, 7) is 7.95. The quantitative estimate of drug-likeness (QED) is 0.876. The highest BCUT2D eigenvalue weighted by Gasteiger charge is 2.24. The molecule has 1 aliphatic rings. The number of fused-ring (bicyclic) bond motifs is 1. The Balaban J connectivity index is 1.61. The van der Waals surface area contributed by atoms with Gasteiger partial charge in [0.05, 0.1) is 24.4 Å². The number of morpholine rings is 1. The molecule has 2 heterocycles. The van der Waals surface area contributed by atoms with Gasteiger partial charge in [-0.25, -0.2) is 0 Å². The van der Waals surface area contributed by atoms with Crippen molar-refractivity contribution < 1.29 is 9.53 Å². The summed E-state index contributed by atoms with van der Waals surface area (Å²) in [5, 5.41) is 4.07. The third-order valence-corrected chi connectivity index (χ3v) is 4.86. The number of hydrogen-bond donors (Lipinski definition) is 1. The number of ether oxygens (including phenoxy) is 1. The number of carbonyl (C=O) groups excluding carboxylic acids is 1. The summed E-state index contributed by atoms with van der Waals surface area (Å²) in [5.74, 6) is 0.571. The molecular formula is C20H27N3O2. The van der Waals surface area contributed by atoms with E-state index in [1.54, 1.807) is 6.20 Å². The van der Waals surface area contributed by atoms with Gasteiger partial charge in [0.2, 0.25) is 5.91 Å². The average Bonchev–Trinajstić information content (AvgIpc) is 2.63. The topological polar surface area (TPSA) is 54.5 Å². The van der Waals surface area contributed by atoms with Crippen LogP contribution in [0.1, 0.15) is 26.7 Å². The van der Waals surface area contributed by atoms with Gasteiger partial charge in [0.25, 0.3) is 0 Å². The van der Waals surface area contributed by atoms with Gasteiger partial charge in [0, 0.05) is 37.1 Å². The van der Waals surface area contributed by atoms with E-state index in [1.807, 2.05) is 30.3 Å². The number of pyridine rings is 1. The fraction of sp³-hybridized carbons (Fsp3) is 0.500. The Morgan fingerprint density at radius 3 is 2.76 bits per heavy atom. The largest absolute Gasteiger partial charge is 0.379 e. The number of nitrogens with zero attached hydrogens (tertiary/aromatic N) is 2. The van der Waals surface area contributed by atoms with Gasteiger partial charge in [-0.15, -0.1) is 0 Å². The number of carbonyl (C=O) groups is 1. The first kappa shape index (κ1) is 17.8. The molecule has 0 saturated carbocycles. The second kappa shape index (κ2) is 8.41. The minimum absolute atomic E-state index is 0.0528. The van der Waals surface area contributed by atoms with Crippen LogP contribution in [0.5, 0.6) is 0 Å². The summed E-state index contributed by atoms with van der Waals surface area (Å²) in [4.78, 5) is 19.3. The first-order valence-electron chi connectivity index (χ1n) is 9.10. The van der Waals surface area contributed by atoms with Gasteiger partial charge in [-0.3, -0.25) is 14.7 Å². The number of benzene rings is 1. The van der Waals surface area contributed by atoms with E-state index in [0.29, 0.717) is 18.4 Å². The molecular weight excluding hydrogens is 314 g/mol. The minimum Gasteiger partial charge on any atom is -0.379 e. The van der Waals surface area contributed by atoms with Crippen molar-refractivity contribution in [3.05, 3.63) is 36.5 Å². The predicted molar refractivity (Wildman–Crippen MR) is 101 cm³/mol. The molecule has 0 aliphatic carbocycles. The molecule has 1 fully saturated rings. The first-order chi connectivity index (χ1) is 12.1. The summed E-state index contributed by atoms with van der Waals surface area (Å²) < 4.78 is 5.45. The second-order valence-corrected chi connectivity index (χ2v) is 6.93. The van der Waals surface area contributed by atoms with Gasteiger partial charge in [-0.1, -0.05) is 32.0 Å². The van der Waals surface area contributed by atoms with Crippen LogP contribution in [-0.4, -0.2) is 48.1 Å². The van der Waals surface area contributed by atoms with Crippen LogP contribution in [-0.2, 0) is 9.53 Å². The van der Waals surface area contributed by atoms with Crippen molar-refractivity contribution >= 4 is 22.5 Å². The van der Waals surface area contributed by atoms with Crippen LogP contribution in [0.2, 0.25) is 0 Å². The molecule has 1 unspecified atom stereocenters. The zero-order valence-corrected chi connectivity index (χ0v) is 15.1. The maximum atomic E-state index is 12.5. The Labute approximate surface area is 149 Å². The third kappa shape index (κ3) is 4.55. The van der Waals surface area contributed by atoms with E-state index in [9.17, 15) is 4.79 Å². The van der Waals surface area contributed by atoms with Gasteiger partial charge in [-0.05, 0) is 24.5 Å². The van der Waals surface area contributed by atoms with Crippen molar-refractivity contribution in [2.75, 3.05) is 31.6 Å². The molecule has 1 aromatic carbocycles. The lowest BCUT2D eigenvalue weighted by atomic mass is 9.96. The lowest BCUT2D eigenvalue weighted by molar-refractivity contribution is -0.116. The average molecular weight is 341 g/mol. The highest BCUT2D eigenvalue weighted by atomic mass is 16.5. The first-order valence-corrected chi connectivity index (χ1v) is 9.10. The van der Waals surface area contributed by atoms with Crippen molar-refractivity contribution in [3.8, 4) is 0 Å². The molecule has 134 valence electrons. The fourth-order valence-electron chi connectivity index (χ4n) is 3.54. The van der Waals surface area contributed by atoms with Crippen LogP contribution in [0.4, 0.5) is 5.69 Å². The summed E-state index contributed by atoms with van der Waals surface area (Å²) >= 11 is 0. The van der Waals surface area contributed by atoms with Gasteiger partial charge >= 0.3 is 0 Å². The highest BCUT2D eigenvalue weighted by molar-refractivity contribution is 6.00. The maximum Gasteiger partial charge on any atom is 0.224 e. The molecule has 0 radical (unpaired) electrons. The van der Waals surface area contributed by atoms with E-state index in [1.165, 1.54) is 0 Å². The molecule has 1 saturated heterocycles. The second-order valence-electron chi connectivity index (χ2n) is 6.93. The van der Waals surface area contributed by atoms with E-state index >= 15 is 0 Å². The van der Waals surface area contributed by atoms with E-state index < -0.39 is 0 Å². The monoisotopic (exact) mass is 341 g/mol. The molecule has 1 N–H and O–H groups in total. The Morgan fingerprint density at radius 2 is 2.00 bits per heavy atom. The summed E-state index contributed by atoms with van der Waals surface area (Å²) in [6.07, 6.45) is 3.14. The Hall–Kier alpha value is -1.98. The molecule has 25 heavy (non-hydrogen) atoms. The number of rotatable bonds is 6. The van der Waals surface area contributed by atoms with Crippen LogP contribution in [0.15, 0.2) is 36.5 Å². The van der Waals surface area contributed by atoms with Crippen molar-refractivity contribution in [1.29, 1.82) is 0 Å². The molecule has 1 atom stereocenters. The van der Waals surface area contributed by atoms with E-state index in [0.717, 1.165) is 49.3 Å². The van der Waals surface area contributed by atoms with Crippen LogP contribution in [0, 0.1) is 5.92 Å². The number of nitrogens with one attached hydrogen (secondary N) is 1.